The Hall–Kier alpha value is -1.01. The fraction of sp³-hybridized carbons (Fsp3) is 0.722. The van der Waals surface area contributed by atoms with Crippen molar-refractivity contribution in [3.05, 3.63) is 30.1 Å². The van der Waals surface area contributed by atoms with Crippen LogP contribution in [0.3, 0.4) is 0 Å². The molecule has 4 aliphatic rings. The van der Waals surface area contributed by atoms with Crippen LogP contribution in [-0.4, -0.2) is 88.9 Å². The van der Waals surface area contributed by atoms with Gasteiger partial charge in [0.2, 0.25) is 0 Å². The number of nitrogens with zero attached hydrogens (tertiary/aromatic N) is 5. The van der Waals surface area contributed by atoms with Crippen molar-refractivity contribution in [2.75, 3.05) is 52.4 Å². The maximum Gasteiger partial charge on any atom is 0.175 e. The first-order valence-corrected chi connectivity index (χ1v) is 9.34. The van der Waals surface area contributed by atoms with Gasteiger partial charge in [-0.2, -0.15) is 0 Å². The number of aromatic nitrogens is 1. The normalized spacial score (nSPS) is 38.3. The van der Waals surface area contributed by atoms with E-state index in [0.29, 0.717) is 12.3 Å². The first kappa shape index (κ1) is 14.3. The lowest BCUT2D eigenvalue weighted by Crippen LogP contribution is -2.82. The predicted molar refractivity (Wildman–Crippen MR) is 89.5 cm³/mol. The standard InChI is InChI=1S/C18H28N5/c1-2-6-19-16(5-1)15-23-13-4-9-22-11-10-20-7-3-8-21(12-14-23)17(20)18(22)23/h1-2,5-6,17-18H,3-4,7-15H2/q+1. The lowest BCUT2D eigenvalue weighted by Gasteiger charge is -2.64. The van der Waals surface area contributed by atoms with Gasteiger partial charge in [-0.25, -0.2) is 0 Å². The van der Waals surface area contributed by atoms with E-state index in [-0.39, 0.29) is 0 Å². The van der Waals surface area contributed by atoms with Crippen LogP contribution in [0.25, 0.3) is 0 Å². The molecule has 0 N–H and O–H groups in total. The third-order valence-corrected chi connectivity index (χ3v) is 6.60. The van der Waals surface area contributed by atoms with Crippen LogP contribution in [0.5, 0.6) is 0 Å². The molecule has 4 fully saturated rings. The molecule has 0 saturated carbocycles. The van der Waals surface area contributed by atoms with Gasteiger partial charge in [0.05, 0.1) is 18.8 Å². The number of quaternary nitrogens is 1. The van der Waals surface area contributed by atoms with Gasteiger partial charge in [0.25, 0.3) is 0 Å². The van der Waals surface area contributed by atoms with Crippen molar-refractivity contribution in [2.45, 2.75) is 31.7 Å². The quantitative estimate of drug-likeness (QED) is 0.753. The summed E-state index contributed by atoms with van der Waals surface area (Å²) in [6.07, 6.45) is 5.96. The zero-order valence-corrected chi connectivity index (χ0v) is 14.0. The first-order chi connectivity index (χ1) is 11.4. The molecule has 5 nitrogen and oxygen atoms in total. The smallest absolute Gasteiger partial charge is 0.175 e. The summed E-state index contributed by atoms with van der Waals surface area (Å²) in [6, 6.07) is 6.40. The van der Waals surface area contributed by atoms with Crippen LogP contribution in [0.15, 0.2) is 24.4 Å². The number of pyridine rings is 1. The minimum atomic E-state index is 0.648. The highest BCUT2D eigenvalue weighted by Crippen LogP contribution is 2.38. The highest BCUT2D eigenvalue weighted by atomic mass is 15.6. The van der Waals surface area contributed by atoms with Gasteiger partial charge >= 0.3 is 0 Å². The van der Waals surface area contributed by atoms with Gasteiger partial charge in [0, 0.05) is 51.9 Å². The summed E-state index contributed by atoms with van der Waals surface area (Å²) in [6.45, 7) is 11.4. The Morgan fingerprint density at radius 1 is 0.913 bits per heavy atom. The van der Waals surface area contributed by atoms with Crippen LogP contribution in [-0.2, 0) is 6.54 Å². The Morgan fingerprint density at radius 3 is 2.61 bits per heavy atom. The van der Waals surface area contributed by atoms with E-state index in [4.69, 9.17) is 0 Å². The van der Waals surface area contributed by atoms with E-state index in [1.807, 2.05) is 12.3 Å². The summed E-state index contributed by atoms with van der Waals surface area (Å²) in [5.74, 6) is 0. The fourth-order valence-electron chi connectivity index (χ4n) is 5.65. The molecule has 0 aromatic carbocycles. The van der Waals surface area contributed by atoms with Gasteiger partial charge in [0.15, 0.2) is 6.17 Å². The van der Waals surface area contributed by atoms with Crippen molar-refractivity contribution < 1.29 is 4.48 Å². The lowest BCUT2D eigenvalue weighted by molar-refractivity contribution is -0.989. The van der Waals surface area contributed by atoms with Gasteiger partial charge in [-0.15, -0.1) is 0 Å². The molecule has 4 saturated heterocycles. The van der Waals surface area contributed by atoms with Gasteiger partial charge in [-0.05, 0) is 18.6 Å². The summed E-state index contributed by atoms with van der Waals surface area (Å²) in [5.41, 5.74) is 1.27. The average molecular weight is 314 g/mol. The largest absolute Gasteiger partial charge is 0.300 e. The summed E-state index contributed by atoms with van der Waals surface area (Å²) < 4.78 is 1.24. The van der Waals surface area contributed by atoms with Crippen LogP contribution in [0.4, 0.5) is 0 Å². The Labute approximate surface area is 139 Å². The Kier molecular flexibility index (Phi) is 3.44. The molecule has 124 valence electrons. The van der Waals surface area contributed by atoms with Gasteiger partial charge in [-0.1, -0.05) is 6.07 Å². The molecule has 0 spiro atoms. The molecule has 0 amide bonds. The van der Waals surface area contributed by atoms with Crippen LogP contribution < -0.4 is 0 Å². The fourth-order valence-corrected chi connectivity index (χ4v) is 5.65. The minimum Gasteiger partial charge on any atom is -0.300 e. The average Bonchev–Trinajstić information content (AvgIpc) is 2.61. The zero-order chi connectivity index (χ0) is 15.3. The second-order valence-corrected chi connectivity index (χ2v) is 7.79. The molecule has 0 bridgehead atoms. The Bertz CT molecular complexity index is 558. The van der Waals surface area contributed by atoms with Crippen molar-refractivity contribution in [2.24, 2.45) is 0 Å². The van der Waals surface area contributed by atoms with Crippen molar-refractivity contribution in [3.63, 3.8) is 0 Å². The van der Waals surface area contributed by atoms with E-state index < -0.39 is 0 Å². The molecular weight excluding hydrogens is 286 g/mol. The minimum absolute atomic E-state index is 0.648. The van der Waals surface area contributed by atoms with Crippen LogP contribution in [0.1, 0.15) is 18.5 Å². The summed E-state index contributed by atoms with van der Waals surface area (Å²) >= 11 is 0. The zero-order valence-electron chi connectivity index (χ0n) is 14.0. The van der Waals surface area contributed by atoms with Crippen LogP contribution in [0.2, 0.25) is 0 Å². The van der Waals surface area contributed by atoms with Crippen LogP contribution in [0, 0.1) is 0 Å². The van der Waals surface area contributed by atoms with E-state index in [2.05, 4.69) is 31.8 Å². The number of hydrogen-bond acceptors (Lipinski definition) is 4. The molecule has 0 aliphatic carbocycles. The van der Waals surface area contributed by atoms with Crippen molar-refractivity contribution in [1.82, 2.24) is 19.7 Å². The molecule has 23 heavy (non-hydrogen) atoms. The van der Waals surface area contributed by atoms with E-state index in [0.717, 1.165) is 6.54 Å². The van der Waals surface area contributed by atoms with Crippen LogP contribution >= 0.6 is 0 Å². The molecule has 5 heterocycles. The third kappa shape index (κ3) is 2.25. The topological polar surface area (TPSA) is 22.6 Å². The van der Waals surface area contributed by atoms with E-state index >= 15 is 0 Å². The molecular formula is C18H28N5+. The van der Waals surface area contributed by atoms with Gasteiger partial charge in [0.1, 0.15) is 12.7 Å². The summed E-state index contributed by atoms with van der Waals surface area (Å²) in [5, 5.41) is 0. The highest BCUT2D eigenvalue weighted by molar-refractivity contribution is 5.03. The van der Waals surface area contributed by atoms with E-state index in [1.165, 1.54) is 75.4 Å². The molecule has 4 aliphatic heterocycles. The third-order valence-electron chi connectivity index (χ3n) is 6.60. The highest BCUT2D eigenvalue weighted by Gasteiger charge is 2.57. The number of hydrogen-bond donors (Lipinski definition) is 0. The first-order valence-electron chi connectivity index (χ1n) is 9.34. The Balaban J connectivity index is 1.52. The predicted octanol–water partition coefficient (Wildman–Crippen LogP) is 0.791. The van der Waals surface area contributed by atoms with E-state index in [1.54, 1.807) is 0 Å². The van der Waals surface area contributed by atoms with Crippen molar-refractivity contribution in [1.29, 1.82) is 0 Å². The Morgan fingerprint density at radius 2 is 1.74 bits per heavy atom. The number of rotatable bonds is 2. The molecule has 5 heteroatoms. The molecule has 1 aromatic heterocycles. The molecule has 0 radical (unpaired) electrons. The van der Waals surface area contributed by atoms with Gasteiger partial charge in [-0.3, -0.25) is 24.2 Å². The SMILES string of the molecule is c1ccc(C[N+]23CCCN4CCN5CCCN(CC2)C5C43)nc1. The second kappa shape index (κ2) is 5.52. The number of piperazine rings is 2. The van der Waals surface area contributed by atoms with Crippen molar-refractivity contribution in [3.8, 4) is 0 Å². The maximum absolute atomic E-state index is 4.66. The van der Waals surface area contributed by atoms with Crippen molar-refractivity contribution >= 4 is 0 Å². The second-order valence-electron chi connectivity index (χ2n) is 7.79. The molecule has 3 unspecified atom stereocenters. The van der Waals surface area contributed by atoms with Gasteiger partial charge < -0.3 is 0 Å². The maximum atomic E-state index is 4.66. The molecule has 5 rings (SSSR count). The summed E-state index contributed by atoms with van der Waals surface area (Å²) in [4.78, 5) is 13.0. The monoisotopic (exact) mass is 314 g/mol. The lowest BCUT2D eigenvalue weighted by atomic mass is 9.97. The van der Waals surface area contributed by atoms with E-state index in [9.17, 15) is 0 Å². The molecule has 1 aromatic rings. The summed E-state index contributed by atoms with van der Waals surface area (Å²) in [7, 11) is 0. The molecule has 3 atom stereocenters.